The summed E-state index contributed by atoms with van der Waals surface area (Å²) in [7, 11) is 0. The Kier molecular flexibility index (Phi) is 18.7. The van der Waals surface area contributed by atoms with E-state index in [4.69, 9.17) is 29.9 Å². The average Bonchev–Trinajstić information content (AvgIpc) is 1.50. The van der Waals surface area contributed by atoms with Gasteiger partial charge in [-0.2, -0.15) is 0 Å². The van der Waals surface area contributed by atoms with Gasteiger partial charge in [0.05, 0.1) is 89.2 Å². The Morgan fingerprint density at radius 3 is 0.787 bits per heavy atom. The second kappa shape index (κ2) is 33.2. The molecule has 150 heavy (non-hydrogen) atoms. The number of benzene rings is 21. The summed E-state index contributed by atoms with van der Waals surface area (Å²) in [6.45, 7) is 0. The lowest BCUT2D eigenvalue weighted by molar-refractivity contribution is 0.748. The van der Waals surface area contributed by atoms with E-state index >= 15 is 0 Å². The highest BCUT2D eigenvalue weighted by molar-refractivity contribution is 6.18. The molecule has 9 nitrogen and oxygen atoms in total. The molecule has 0 amide bonds. The number of para-hydroxylation sites is 7. The second-order valence-electron chi connectivity index (χ2n) is 40.0. The van der Waals surface area contributed by atoms with Gasteiger partial charge in [-0.05, 0) is 196 Å². The van der Waals surface area contributed by atoms with Crippen molar-refractivity contribution in [1.82, 2.24) is 43.6 Å². The number of fused-ring (bicyclic) bond motifs is 36. The van der Waals surface area contributed by atoms with Crippen LogP contribution in [0.25, 0.3) is 218 Å². The molecule has 9 heteroatoms. The third-order valence-electron chi connectivity index (χ3n) is 32.4. The molecule has 21 aromatic carbocycles. The van der Waals surface area contributed by atoms with E-state index in [-0.39, 0.29) is 0 Å². The standard InChI is InChI=1S/C48H30N2.C47H29N3.C46H28N4/c1-3-15-31(16-4-1)43-29-34(30-44(49-43)32-17-5-2-6-18-32)33-27-38-37-21-9-13-25-45(37)50-46-26-14-12-24-41(46)48(42(28-33)47(38)50)39-22-10-7-19-35(39)36-20-8-11-23-40(36)48;1-3-15-30(16-4-1)41-29-42(31-17-5-2-6-18-31)49-46(48-41)32-27-36-35-21-9-13-25-43(35)50-44-26-14-12-24-39(44)47(40(28-32)45(36)50)37-22-10-7-19-33(37)34-20-8-11-23-38(34)47;1-3-14-29(15-4-1)43-47-44(30-16-5-2-6-17-30)49-45(48-43)31-26-27-33-32-18-7-9-21-36(32)46(39(33)28-31)37-22-10-12-25-41(37)50-40-24-11-8-19-34(40)35-20-13-23-38(46)42(35)50/h1-30H;1-29H;1-28H. The van der Waals surface area contributed by atoms with Crippen molar-refractivity contribution in [3.05, 3.63) is 595 Å². The Balaban J connectivity index is 0.000000101. The molecule has 33 rings (SSSR count). The predicted molar refractivity (Wildman–Crippen MR) is 611 cm³/mol. The number of aromatic nitrogens is 9. The smallest absolute Gasteiger partial charge is 0.164 e. The van der Waals surface area contributed by atoms with Crippen LogP contribution in [0.5, 0.6) is 0 Å². The molecule has 0 saturated heterocycles. The van der Waals surface area contributed by atoms with Crippen LogP contribution < -0.4 is 0 Å². The zero-order chi connectivity index (χ0) is 98.4. The van der Waals surface area contributed by atoms with E-state index in [0.717, 1.165) is 72.8 Å². The first-order valence-electron chi connectivity index (χ1n) is 51.5. The summed E-state index contributed by atoms with van der Waals surface area (Å²) in [5.74, 6) is 2.69. The first kappa shape index (κ1) is 84.7. The zero-order valence-electron chi connectivity index (χ0n) is 81.3. The van der Waals surface area contributed by atoms with Crippen LogP contribution in [0.4, 0.5) is 0 Å². The number of hydrogen-bond acceptors (Lipinski definition) is 6. The van der Waals surface area contributed by atoms with Crippen LogP contribution in [0.2, 0.25) is 0 Å². The SMILES string of the molecule is c1ccc(-c2cc(-c3cc4c5c(c3)c3ccccc3n5-c3ccccc3C43c4ccccc4-c4ccccc43)cc(-c3ccccc3)n2)cc1.c1ccc(-c2cc(-c3ccccc3)nc(-c3cc4c5c(c3)c3ccccc3n5-c3ccccc3C43c4ccccc4-c4ccccc43)n2)cc1.c1ccc(-c2nc(-c3ccccc3)nc(-c3ccc4c(c3)C3(c5ccccc5-4)c4ccccc4-n4c5ccccc5c5cccc3c54)n2)cc1. The highest BCUT2D eigenvalue weighted by atomic mass is 15.1. The summed E-state index contributed by atoms with van der Waals surface area (Å²) >= 11 is 0. The highest BCUT2D eigenvalue weighted by Gasteiger charge is 2.55. The minimum Gasteiger partial charge on any atom is -0.309 e. The largest absolute Gasteiger partial charge is 0.309 e. The van der Waals surface area contributed by atoms with Crippen molar-refractivity contribution in [1.29, 1.82) is 0 Å². The van der Waals surface area contributed by atoms with E-state index in [2.05, 4.69) is 493 Å². The molecule has 0 radical (unpaired) electrons. The van der Waals surface area contributed by atoms with Crippen LogP contribution in [0.15, 0.2) is 528 Å². The number of rotatable bonds is 9. The minimum absolute atomic E-state index is 0.486. The third-order valence-corrected chi connectivity index (χ3v) is 32.4. The Morgan fingerprint density at radius 2 is 0.393 bits per heavy atom. The molecule has 0 bridgehead atoms. The maximum absolute atomic E-state index is 5.32. The van der Waals surface area contributed by atoms with Crippen molar-refractivity contribution < 1.29 is 0 Å². The van der Waals surface area contributed by atoms with Gasteiger partial charge in [0.1, 0.15) is 0 Å². The van der Waals surface area contributed by atoms with Gasteiger partial charge in [-0.3, -0.25) is 0 Å². The Bertz CT molecular complexity index is 9610. The molecule has 3 aliphatic heterocycles. The number of hydrogen-bond donors (Lipinski definition) is 0. The highest BCUT2D eigenvalue weighted by Crippen LogP contribution is 2.66. The van der Waals surface area contributed by atoms with Crippen LogP contribution in [0, 0.1) is 0 Å². The van der Waals surface area contributed by atoms with Crippen molar-refractivity contribution >= 4 is 65.4 Å². The van der Waals surface area contributed by atoms with Crippen molar-refractivity contribution in [3.63, 3.8) is 0 Å². The van der Waals surface area contributed by atoms with Gasteiger partial charge in [0, 0.05) is 76.8 Å². The molecule has 696 valence electrons. The maximum atomic E-state index is 5.32. The topological polar surface area (TPSA) is 92.1 Å². The first-order chi connectivity index (χ1) is 74.4. The van der Waals surface area contributed by atoms with Crippen LogP contribution in [0.1, 0.15) is 66.8 Å². The van der Waals surface area contributed by atoms with Crippen LogP contribution in [0.3, 0.4) is 0 Å². The summed E-state index contributed by atoms with van der Waals surface area (Å²) in [4.78, 5) is 31.1. The Labute approximate surface area is 865 Å². The first-order valence-corrected chi connectivity index (χ1v) is 51.5. The number of nitrogens with zero attached hydrogens (tertiary/aromatic N) is 9. The molecular weight excluding hydrogens is 1820 g/mol. The molecule has 1 unspecified atom stereocenters. The summed E-state index contributed by atoms with van der Waals surface area (Å²) in [5, 5.41) is 7.49. The van der Waals surface area contributed by atoms with Crippen LogP contribution in [-0.2, 0) is 16.2 Å². The lowest BCUT2D eigenvalue weighted by atomic mass is 9.65. The molecule has 6 aliphatic rings. The van der Waals surface area contributed by atoms with Crippen LogP contribution >= 0.6 is 0 Å². The molecule has 6 aromatic heterocycles. The van der Waals surface area contributed by atoms with E-state index in [1.165, 1.54) is 188 Å². The van der Waals surface area contributed by atoms with Crippen LogP contribution in [-0.4, -0.2) is 43.6 Å². The average molecular weight is 1910 g/mol. The fourth-order valence-corrected chi connectivity index (χ4v) is 26.4. The predicted octanol–water partition coefficient (Wildman–Crippen LogP) is 33.8. The zero-order valence-corrected chi connectivity index (χ0v) is 81.3. The van der Waals surface area contributed by atoms with Gasteiger partial charge in [-0.25, -0.2) is 29.9 Å². The molecule has 1 atom stereocenters. The Hall–Kier alpha value is -19.7. The third kappa shape index (κ3) is 12.2. The van der Waals surface area contributed by atoms with Gasteiger partial charge in [0.25, 0.3) is 0 Å². The quantitative estimate of drug-likeness (QED) is 0.143. The fourth-order valence-electron chi connectivity index (χ4n) is 26.4. The minimum atomic E-state index is -0.542. The van der Waals surface area contributed by atoms with Gasteiger partial charge in [0.2, 0.25) is 0 Å². The van der Waals surface area contributed by atoms with Gasteiger partial charge in [-0.15, -0.1) is 0 Å². The molecular formula is C141H87N9. The lowest BCUT2D eigenvalue weighted by Crippen LogP contribution is -2.33. The van der Waals surface area contributed by atoms with Crippen molar-refractivity contribution in [3.8, 4) is 152 Å². The molecule has 9 heterocycles. The summed E-state index contributed by atoms with van der Waals surface area (Å²) in [6, 6.07) is 191. The Morgan fingerprint density at radius 1 is 0.133 bits per heavy atom. The van der Waals surface area contributed by atoms with E-state index in [1.807, 2.05) is 48.5 Å². The summed E-state index contributed by atoms with van der Waals surface area (Å²) < 4.78 is 7.49. The van der Waals surface area contributed by atoms with E-state index in [0.29, 0.717) is 23.3 Å². The number of pyridine rings is 1. The molecule has 27 aromatic rings. The molecule has 0 fully saturated rings. The van der Waals surface area contributed by atoms with E-state index in [9.17, 15) is 0 Å². The van der Waals surface area contributed by atoms with Crippen molar-refractivity contribution in [2.75, 3.05) is 0 Å². The molecule has 3 aliphatic carbocycles. The maximum Gasteiger partial charge on any atom is 0.164 e. The van der Waals surface area contributed by atoms with Crippen molar-refractivity contribution in [2.45, 2.75) is 16.2 Å². The normalized spacial score (nSPS) is 14.0. The summed E-state index contributed by atoms with van der Waals surface area (Å²) in [5.41, 5.74) is 47.1. The second-order valence-corrected chi connectivity index (χ2v) is 40.0. The monoisotopic (exact) mass is 1910 g/mol. The fraction of sp³-hybridized carbons (Fsp3) is 0.0213. The molecule has 0 saturated carbocycles. The van der Waals surface area contributed by atoms with Gasteiger partial charge in [0.15, 0.2) is 23.3 Å². The molecule has 0 N–H and O–H groups in total. The van der Waals surface area contributed by atoms with E-state index in [1.54, 1.807) is 0 Å². The van der Waals surface area contributed by atoms with Crippen molar-refractivity contribution in [2.24, 2.45) is 0 Å². The molecule has 3 spiro atoms. The van der Waals surface area contributed by atoms with E-state index < -0.39 is 16.2 Å². The lowest BCUT2D eigenvalue weighted by Gasteiger charge is -2.39. The van der Waals surface area contributed by atoms with Gasteiger partial charge < -0.3 is 13.7 Å². The van der Waals surface area contributed by atoms with Gasteiger partial charge >= 0.3 is 0 Å². The van der Waals surface area contributed by atoms with Gasteiger partial charge in [-0.1, -0.05) is 443 Å². The summed E-state index contributed by atoms with van der Waals surface area (Å²) in [6.07, 6.45) is 0.